The summed E-state index contributed by atoms with van der Waals surface area (Å²) in [4.78, 5) is 25.4. The van der Waals surface area contributed by atoms with Gasteiger partial charge in [-0.2, -0.15) is 0 Å². The summed E-state index contributed by atoms with van der Waals surface area (Å²) in [7, 11) is 0. The van der Waals surface area contributed by atoms with E-state index in [2.05, 4.69) is 10.6 Å². The molecule has 0 spiro atoms. The number of fused-ring (bicyclic) bond motifs is 1. The van der Waals surface area contributed by atoms with Crippen molar-refractivity contribution in [3.05, 3.63) is 42.5 Å². The smallest absolute Gasteiger partial charge is 0.237 e. The number of hydrogen-bond donors (Lipinski definition) is 2. The minimum atomic E-state index is -0.303. The number of hydrogen-bond acceptors (Lipinski definition) is 5. The molecule has 1 heterocycles. The first-order valence-electron chi connectivity index (χ1n) is 9.36. The van der Waals surface area contributed by atoms with Crippen molar-refractivity contribution in [1.82, 2.24) is 0 Å². The van der Waals surface area contributed by atoms with Gasteiger partial charge in [0.1, 0.15) is 13.2 Å². The third kappa shape index (κ3) is 4.59. The van der Waals surface area contributed by atoms with E-state index >= 15 is 0 Å². The number of amides is 2. The number of benzene rings is 2. The Labute approximate surface area is 168 Å². The van der Waals surface area contributed by atoms with Crippen molar-refractivity contribution >= 4 is 35.0 Å². The summed E-state index contributed by atoms with van der Waals surface area (Å²) in [5, 5.41) is 5.55. The van der Waals surface area contributed by atoms with Crippen LogP contribution < -0.4 is 20.1 Å². The predicted octanol–water partition coefficient (Wildman–Crippen LogP) is 3.93. The first-order valence-corrected chi connectivity index (χ1v) is 10.2. The second-order valence-corrected chi connectivity index (χ2v) is 8.31. The number of ether oxygens (including phenoxy) is 2. The van der Waals surface area contributed by atoms with Crippen molar-refractivity contribution in [3.63, 3.8) is 0 Å². The molecule has 28 heavy (non-hydrogen) atoms. The molecule has 1 saturated carbocycles. The van der Waals surface area contributed by atoms with E-state index in [-0.39, 0.29) is 23.0 Å². The van der Waals surface area contributed by atoms with E-state index in [0.717, 1.165) is 23.4 Å². The molecule has 1 unspecified atom stereocenters. The van der Waals surface area contributed by atoms with E-state index in [0.29, 0.717) is 30.4 Å². The third-order valence-electron chi connectivity index (χ3n) is 4.54. The minimum absolute atomic E-state index is 0.0755. The predicted molar refractivity (Wildman–Crippen MR) is 109 cm³/mol. The molecule has 0 bridgehead atoms. The van der Waals surface area contributed by atoms with Crippen LogP contribution in [0.1, 0.15) is 19.8 Å². The van der Waals surface area contributed by atoms with Crippen LogP contribution >= 0.6 is 11.8 Å². The molecule has 2 aromatic carbocycles. The highest BCUT2D eigenvalue weighted by atomic mass is 32.2. The number of carbonyl (C=O) groups is 2. The molecule has 0 aromatic heterocycles. The molecule has 2 aromatic rings. The van der Waals surface area contributed by atoms with E-state index in [1.54, 1.807) is 18.2 Å². The van der Waals surface area contributed by atoms with Gasteiger partial charge in [-0.3, -0.25) is 9.59 Å². The summed E-state index contributed by atoms with van der Waals surface area (Å²) in [6.45, 7) is 2.89. The highest BCUT2D eigenvalue weighted by Crippen LogP contribution is 2.34. The topological polar surface area (TPSA) is 76.7 Å². The molecule has 4 rings (SSSR count). The monoisotopic (exact) mass is 398 g/mol. The maximum absolute atomic E-state index is 12.6. The zero-order chi connectivity index (χ0) is 19.5. The molecule has 1 fully saturated rings. The van der Waals surface area contributed by atoms with Crippen LogP contribution in [0.25, 0.3) is 0 Å². The van der Waals surface area contributed by atoms with Gasteiger partial charge in [0.25, 0.3) is 0 Å². The third-order valence-corrected chi connectivity index (χ3v) is 5.64. The Morgan fingerprint density at radius 3 is 2.54 bits per heavy atom. The molecule has 0 saturated heterocycles. The Hall–Kier alpha value is -2.67. The Balaban J connectivity index is 1.36. The molecule has 6 nitrogen and oxygen atoms in total. The van der Waals surface area contributed by atoms with Crippen LogP contribution in [-0.2, 0) is 9.59 Å². The second kappa shape index (κ2) is 8.14. The van der Waals surface area contributed by atoms with Gasteiger partial charge in [0, 0.05) is 28.3 Å². The fourth-order valence-electron chi connectivity index (χ4n) is 2.86. The molecule has 1 atom stereocenters. The van der Waals surface area contributed by atoms with Crippen molar-refractivity contribution in [3.8, 4) is 11.5 Å². The Morgan fingerprint density at radius 2 is 1.75 bits per heavy atom. The van der Waals surface area contributed by atoms with Crippen molar-refractivity contribution in [1.29, 1.82) is 0 Å². The lowest BCUT2D eigenvalue weighted by Crippen LogP contribution is -2.22. The van der Waals surface area contributed by atoms with Gasteiger partial charge in [0.2, 0.25) is 11.8 Å². The standard InChI is InChI=1S/C21H22N2O4S/c1-13(20(24)22-16-7-8-18-19(12-16)27-10-9-26-18)28-17-4-2-3-15(11-17)23-21(25)14-5-6-14/h2-4,7-8,11-14H,5-6,9-10H2,1H3,(H,22,24)(H,23,25). The SMILES string of the molecule is CC(Sc1cccc(NC(=O)C2CC2)c1)C(=O)Nc1ccc2c(c1)OCCO2. The van der Waals surface area contributed by atoms with Crippen molar-refractivity contribution in [2.75, 3.05) is 23.8 Å². The summed E-state index contributed by atoms with van der Waals surface area (Å²) >= 11 is 1.45. The van der Waals surface area contributed by atoms with Gasteiger partial charge in [0.15, 0.2) is 11.5 Å². The quantitative estimate of drug-likeness (QED) is 0.721. The normalized spacial score (nSPS) is 16.2. The largest absolute Gasteiger partial charge is 0.486 e. The number of carbonyl (C=O) groups excluding carboxylic acids is 2. The van der Waals surface area contributed by atoms with Gasteiger partial charge in [0.05, 0.1) is 5.25 Å². The second-order valence-electron chi connectivity index (χ2n) is 6.90. The van der Waals surface area contributed by atoms with Crippen molar-refractivity contribution in [2.45, 2.75) is 29.9 Å². The van der Waals surface area contributed by atoms with Crippen LogP contribution in [0, 0.1) is 5.92 Å². The van der Waals surface area contributed by atoms with Crippen LogP contribution in [0.2, 0.25) is 0 Å². The molecular weight excluding hydrogens is 376 g/mol. The van der Waals surface area contributed by atoms with E-state index in [1.807, 2.05) is 31.2 Å². The molecule has 1 aliphatic heterocycles. The van der Waals surface area contributed by atoms with Crippen LogP contribution in [-0.4, -0.2) is 30.3 Å². The molecule has 2 N–H and O–H groups in total. The van der Waals surface area contributed by atoms with Gasteiger partial charge in [-0.15, -0.1) is 11.8 Å². The highest BCUT2D eigenvalue weighted by molar-refractivity contribution is 8.00. The maximum atomic E-state index is 12.6. The molecule has 7 heteroatoms. The van der Waals surface area contributed by atoms with Gasteiger partial charge in [-0.05, 0) is 50.1 Å². The van der Waals surface area contributed by atoms with Gasteiger partial charge in [-0.1, -0.05) is 6.07 Å². The summed E-state index contributed by atoms with van der Waals surface area (Å²) in [5.74, 6) is 1.47. The lowest BCUT2D eigenvalue weighted by atomic mass is 10.2. The first-order chi connectivity index (χ1) is 13.6. The zero-order valence-electron chi connectivity index (χ0n) is 15.6. The average Bonchev–Trinajstić information content (AvgIpc) is 3.53. The number of thioether (sulfide) groups is 1. The fourth-order valence-corrected chi connectivity index (χ4v) is 3.79. The van der Waals surface area contributed by atoms with Gasteiger partial charge < -0.3 is 20.1 Å². The van der Waals surface area contributed by atoms with Crippen LogP contribution in [0.5, 0.6) is 11.5 Å². The summed E-state index contributed by atoms with van der Waals surface area (Å²) in [5.41, 5.74) is 1.44. The lowest BCUT2D eigenvalue weighted by Gasteiger charge is -2.19. The number of anilines is 2. The fraction of sp³-hybridized carbons (Fsp3) is 0.333. The minimum Gasteiger partial charge on any atom is -0.486 e. The van der Waals surface area contributed by atoms with Gasteiger partial charge >= 0.3 is 0 Å². The maximum Gasteiger partial charge on any atom is 0.237 e. The van der Waals surface area contributed by atoms with Crippen LogP contribution in [0.4, 0.5) is 11.4 Å². The molecule has 146 valence electrons. The summed E-state index contributed by atoms with van der Waals surface area (Å²) < 4.78 is 11.0. The molecule has 2 aliphatic rings. The van der Waals surface area contributed by atoms with Crippen molar-refractivity contribution in [2.24, 2.45) is 5.92 Å². The number of rotatable bonds is 6. The van der Waals surface area contributed by atoms with Crippen LogP contribution in [0.15, 0.2) is 47.4 Å². The molecule has 1 aliphatic carbocycles. The van der Waals surface area contributed by atoms with E-state index in [9.17, 15) is 9.59 Å². The Bertz CT molecular complexity index is 898. The summed E-state index contributed by atoms with van der Waals surface area (Å²) in [6, 6.07) is 13.0. The van der Waals surface area contributed by atoms with Gasteiger partial charge in [-0.25, -0.2) is 0 Å². The van der Waals surface area contributed by atoms with E-state index < -0.39 is 0 Å². The Morgan fingerprint density at radius 1 is 1.00 bits per heavy atom. The molecule has 2 amide bonds. The van der Waals surface area contributed by atoms with E-state index in [4.69, 9.17) is 9.47 Å². The average molecular weight is 398 g/mol. The molecular formula is C21H22N2O4S. The zero-order valence-corrected chi connectivity index (χ0v) is 16.4. The Kier molecular flexibility index (Phi) is 5.43. The van der Waals surface area contributed by atoms with Crippen molar-refractivity contribution < 1.29 is 19.1 Å². The number of nitrogens with one attached hydrogen (secondary N) is 2. The lowest BCUT2D eigenvalue weighted by molar-refractivity contribution is -0.117. The highest BCUT2D eigenvalue weighted by Gasteiger charge is 2.29. The first kappa shape index (κ1) is 18.7. The molecule has 0 radical (unpaired) electrons. The van der Waals surface area contributed by atoms with E-state index in [1.165, 1.54) is 11.8 Å². The van der Waals surface area contributed by atoms with Crippen LogP contribution in [0.3, 0.4) is 0 Å². The summed E-state index contributed by atoms with van der Waals surface area (Å²) in [6.07, 6.45) is 1.94.